The van der Waals surface area contributed by atoms with E-state index < -0.39 is 10.0 Å². The van der Waals surface area contributed by atoms with Gasteiger partial charge in [0.2, 0.25) is 10.0 Å². The summed E-state index contributed by atoms with van der Waals surface area (Å²) in [5, 5.41) is 8.64. The fourth-order valence-corrected chi connectivity index (χ4v) is 3.25. The number of pyridine rings is 1. The molecule has 0 aromatic carbocycles. The number of rotatable bonds is 5. The van der Waals surface area contributed by atoms with Crippen molar-refractivity contribution < 1.29 is 13.5 Å². The van der Waals surface area contributed by atoms with E-state index in [0.717, 1.165) is 6.42 Å². The molecule has 108 valence electrons. The van der Waals surface area contributed by atoms with Gasteiger partial charge in [0.25, 0.3) is 0 Å². The summed E-state index contributed by atoms with van der Waals surface area (Å²) in [7, 11) is -3.57. The van der Waals surface area contributed by atoms with Gasteiger partial charge in [0.15, 0.2) is 0 Å². The lowest BCUT2D eigenvalue weighted by Crippen LogP contribution is -2.33. The van der Waals surface area contributed by atoms with Crippen molar-refractivity contribution in [1.82, 2.24) is 9.71 Å². The fourth-order valence-electron chi connectivity index (χ4n) is 2.01. The zero-order valence-electron chi connectivity index (χ0n) is 11.3. The van der Waals surface area contributed by atoms with Crippen molar-refractivity contribution in [3.8, 4) is 11.8 Å². The quantitative estimate of drug-likeness (QED) is 0.791. The van der Waals surface area contributed by atoms with Crippen LogP contribution in [0.5, 0.6) is 0 Å². The molecule has 20 heavy (non-hydrogen) atoms. The van der Waals surface area contributed by atoms with Gasteiger partial charge in [-0.2, -0.15) is 0 Å². The van der Waals surface area contributed by atoms with Crippen LogP contribution in [0.3, 0.4) is 0 Å². The van der Waals surface area contributed by atoms with Gasteiger partial charge in [-0.15, -0.1) is 0 Å². The summed E-state index contributed by atoms with van der Waals surface area (Å²) in [6.07, 6.45) is 6.03. The van der Waals surface area contributed by atoms with E-state index in [1.165, 1.54) is 31.3 Å². The van der Waals surface area contributed by atoms with Gasteiger partial charge in [-0.25, -0.2) is 13.1 Å². The number of aliphatic hydroxyl groups is 1. The van der Waals surface area contributed by atoms with Crippen LogP contribution in [-0.2, 0) is 10.0 Å². The van der Waals surface area contributed by atoms with Gasteiger partial charge >= 0.3 is 0 Å². The number of hydrogen-bond acceptors (Lipinski definition) is 4. The smallest absolute Gasteiger partial charge is 0.242 e. The summed E-state index contributed by atoms with van der Waals surface area (Å²) in [6, 6.07) is 1.38. The molecule has 0 radical (unpaired) electrons. The van der Waals surface area contributed by atoms with Gasteiger partial charge < -0.3 is 5.11 Å². The predicted octanol–water partition coefficient (Wildman–Crippen LogP) is 0.892. The summed E-state index contributed by atoms with van der Waals surface area (Å²) in [5.74, 6) is 5.78. The van der Waals surface area contributed by atoms with E-state index in [4.69, 9.17) is 5.11 Å². The topological polar surface area (TPSA) is 79.3 Å². The summed E-state index contributed by atoms with van der Waals surface area (Å²) >= 11 is 0. The van der Waals surface area contributed by atoms with Crippen molar-refractivity contribution in [2.75, 3.05) is 6.61 Å². The highest BCUT2D eigenvalue weighted by atomic mass is 32.2. The van der Waals surface area contributed by atoms with Gasteiger partial charge in [0.1, 0.15) is 11.5 Å². The minimum Gasteiger partial charge on any atom is -0.384 e. The molecular weight excluding hydrogens is 276 g/mol. The van der Waals surface area contributed by atoms with Crippen molar-refractivity contribution in [3.63, 3.8) is 0 Å². The lowest BCUT2D eigenvalue weighted by Gasteiger charge is -2.13. The van der Waals surface area contributed by atoms with Crippen molar-refractivity contribution in [1.29, 1.82) is 0 Å². The Balaban J connectivity index is 2.11. The van der Waals surface area contributed by atoms with Crippen LogP contribution in [0.2, 0.25) is 0 Å². The van der Waals surface area contributed by atoms with Crippen molar-refractivity contribution in [3.05, 3.63) is 24.0 Å². The predicted molar refractivity (Wildman–Crippen MR) is 75.3 cm³/mol. The molecule has 1 heterocycles. The average molecular weight is 294 g/mol. The van der Waals surface area contributed by atoms with Crippen LogP contribution in [0.15, 0.2) is 23.4 Å². The van der Waals surface area contributed by atoms with Crippen LogP contribution < -0.4 is 4.72 Å². The molecular formula is C14H18N2O3S. The Morgan fingerprint density at radius 1 is 1.50 bits per heavy atom. The Morgan fingerprint density at radius 3 is 2.90 bits per heavy atom. The second-order valence-corrected chi connectivity index (χ2v) is 6.78. The molecule has 2 rings (SSSR count). The highest BCUT2D eigenvalue weighted by Gasteiger charge is 2.26. The van der Waals surface area contributed by atoms with Gasteiger partial charge in [-0.3, -0.25) is 4.98 Å². The molecule has 1 aliphatic carbocycles. The number of hydrogen-bond donors (Lipinski definition) is 2. The number of aliphatic hydroxyl groups excluding tert-OH is 1. The highest BCUT2D eigenvalue weighted by molar-refractivity contribution is 7.89. The molecule has 5 nitrogen and oxygen atoms in total. The van der Waals surface area contributed by atoms with E-state index in [1.54, 1.807) is 0 Å². The third-order valence-electron chi connectivity index (χ3n) is 3.08. The van der Waals surface area contributed by atoms with Gasteiger partial charge in [0.05, 0.1) is 0 Å². The molecule has 1 saturated carbocycles. The van der Waals surface area contributed by atoms with Gasteiger partial charge in [-0.05, 0) is 25.3 Å². The van der Waals surface area contributed by atoms with Crippen molar-refractivity contribution in [2.24, 2.45) is 5.92 Å². The summed E-state index contributed by atoms with van der Waals surface area (Å²) in [4.78, 5) is 3.98. The molecule has 1 fully saturated rings. The first-order valence-corrected chi connectivity index (χ1v) is 8.06. The van der Waals surface area contributed by atoms with Crippen molar-refractivity contribution in [2.45, 2.75) is 37.1 Å². The van der Waals surface area contributed by atoms with Crippen LogP contribution in [0, 0.1) is 17.8 Å². The Morgan fingerprint density at radius 2 is 2.25 bits per heavy atom. The van der Waals surface area contributed by atoms with E-state index in [1.807, 2.05) is 6.92 Å². The SMILES string of the molecule is CC(CC1CC1)NS(=O)(=O)c1cncc(C#CCO)c1. The standard InChI is InChI=1S/C14H18N2O3S/c1-11(7-12-4-5-12)16-20(18,19)14-8-13(3-2-6-17)9-15-10-14/h8-12,16-17H,4-7H2,1H3. The molecule has 0 aliphatic heterocycles. The fraction of sp³-hybridized carbons (Fsp3) is 0.500. The zero-order valence-corrected chi connectivity index (χ0v) is 12.2. The molecule has 1 aromatic rings. The van der Waals surface area contributed by atoms with Crippen LogP contribution in [0.25, 0.3) is 0 Å². The molecule has 0 bridgehead atoms. The van der Waals surface area contributed by atoms with E-state index >= 15 is 0 Å². The molecule has 0 amide bonds. The van der Waals surface area contributed by atoms with Crippen LogP contribution in [0.1, 0.15) is 31.7 Å². The first-order valence-electron chi connectivity index (χ1n) is 6.58. The lowest BCUT2D eigenvalue weighted by molar-refractivity contribution is 0.350. The second-order valence-electron chi connectivity index (χ2n) is 5.07. The van der Waals surface area contributed by atoms with Crippen molar-refractivity contribution >= 4 is 10.0 Å². The van der Waals surface area contributed by atoms with Gasteiger partial charge in [0, 0.05) is 24.0 Å². The summed E-state index contributed by atoms with van der Waals surface area (Å²) < 4.78 is 27.1. The molecule has 2 N–H and O–H groups in total. The normalized spacial score (nSPS) is 16.3. The molecule has 0 spiro atoms. The molecule has 1 aromatic heterocycles. The third kappa shape index (κ3) is 4.30. The molecule has 1 unspecified atom stereocenters. The highest BCUT2D eigenvalue weighted by Crippen LogP contribution is 2.33. The maximum absolute atomic E-state index is 12.2. The maximum Gasteiger partial charge on any atom is 0.242 e. The molecule has 6 heteroatoms. The average Bonchev–Trinajstić information content (AvgIpc) is 3.20. The Hall–Kier alpha value is -1.42. The maximum atomic E-state index is 12.2. The number of nitrogens with zero attached hydrogens (tertiary/aromatic N) is 1. The number of sulfonamides is 1. The molecule has 1 aliphatic rings. The second kappa shape index (κ2) is 6.35. The minimum atomic E-state index is -3.57. The molecule has 1 atom stereocenters. The van der Waals surface area contributed by atoms with Crippen LogP contribution >= 0.6 is 0 Å². The van der Waals surface area contributed by atoms with E-state index in [0.29, 0.717) is 11.5 Å². The monoisotopic (exact) mass is 294 g/mol. The van der Waals surface area contributed by atoms with Crippen LogP contribution in [0.4, 0.5) is 0 Å². The largest absolute Gasteiger partial charge is 0.384 e. The van der Waals surface area contributed by atoms with E-state index in [9.17, 15) is 8.42 Å². The van der Waals surface area contributed by atoms with Crippen LogP contribution in [-0.4, -0.2) is 31.2 Å². The Bertz CT molecular complexity index is 627. The first-order chi connectivity index (χ1) is 9.51. The van der Waals surface area contributed by atoms with Gasteiger partial charge in [-0.1, -0.05) is 24.7 Å². The zero-order chi connectivity index (χ0) is 14.6. The minimum absolute atomic E-state index is 0.0836. The Kier molecular flexibility index (Phi) is 4.76. The van der Waals surface area contributed by atoms with E-state index in [-0.39, 0.29) is 17.5 Å². The first kappa shape index (κ1) is 15.0. The summed E-state index contributed by atoms with van der Waals surface area (Å²) in [6.45, 7) is 1.60. The molecule has 0 saturated heterocycles. The van der Waals surface area contributed by atoms with E-state index in [2.05, 4.69) is 21.5 Å². The third-order valence-corrected chi connectivity index (χ3v) is 4.63. The number of nitrogens with one attached hydrogen (secondary N) is 1. The lowest BCUT2D eigenvalue weighted by atomic mass is 10.2. The summed E-state index contributed by atoms with van der Waals surface area (Å²) in [5.41, 5.74) is 0.469. The Labute approximate surface area is 119 Å². The number of aromatic nitrogens is 1.